The summed E-state index contributed by atoms with van der Waals surface area (Å²) in [5.74, 6) is 1.74. The van der Waals surface area contributed by atoms with Crippen LogP contribution in [0.4, 0.5) is 5.82 Å². The Kier molecular flexibility index (Phi) is 4.35. The highest BCUT2D eigenvalue weighted by Gasteiger charge is 2.26. The number of nitrogens with zero attached hydrogens (tertiary/aromatic N) is 3. The summed E-state index contributed by atoms with van der Waals surface area (Å²) in [6.45, 7) is 5.71. The number of esters is 1. The van der Waals surface area contributed by atoms with Crippen molar-refractivity contribution in [1.29, 1.82) is 0 Å². The second kappa shape index (κ2) is 5.99. The number of methoxy groups -OCH3 is 1. The molecule has 0 saturated carbocycles. The summed E-state index contributed by atoms with van der Waals surface area (Å²) in [6, 6.07) is 2.05. The van der Waals surface area contributed by atoms with Gasteiger partial charge in [0.05, 0.1) is 13.0 Å². The van der Waals surface area contributed by atoms with E-state index in [1.807, 2.05) is 13.0 Å². The monoisotopic (exact) mass is 263 g/mol. The van der Waals surface area contributed by atoms with Gasteiger partial charge in [0.1, 0.15) is 11.6 Å². The molecule has 0 unspecified atom stereocenters. The van der Waals surface area contributed by atoms with Crippen LogP contribution in [0.25, 0.3) is 0 Å². The van der Waals surface area contributed by atoms with E-state index < -0.39 is 0 Å². The van der Waals surface area contributed by atoms with Crippen LogP contribution in [0.3, 0.4) is 0 Å². The number of hydrogen-bond acceptors (Lipinski definition) is 5. The molecule has 104 valence electrons. The van der Waals surface area contributed by atoms with Gasteiger partial charge in [0, 0.05) is 24.8 Å². The zero-order valence-electron chi connectivity index (χ0n) is 11.8. The topological polar surface area (TPSA) is 55.3 Å². The predicted molar refractivity (Wildman–Crippen MR) is 73.1 cm³/mol. The van der Waals surface area contributed by atoms with Crippen molar-refractivity contribution in [3.8, 4) is 0 Å². The SMILES string of the molecule is CCc1cc(N2CCC(C(=O)OC)CC2)nc(C)n1. The third-order valence-corrected chi connectivity index (χ3v) is 3.59. The van der Waals surface area contributed by atoms with Crippen LogP contribution in [0.2, 0.25) is 0 Å². The maximum absolute atomic E-state index is 11.5. The fraction of sp³-hybridized carbons (Fsp3) is 0.643. The fourth-order valence-corrected chi connectivity index (χ4v) is 2.47. The maximum Gasteiger partial charge on any atom is 0.308 e. The minimum absolute atomic E-state index is 0.0369. The first-order valence-electron chi connectivity index (χ1n) is 6.81. The maximum atomic E-state index is 11.5. The summed E-state index contributed by atoms with van der Waals surface area (Å²) in [5, 5.41) is 0. The third kappa shape index (κ3) is 3.22. The van der Waals surface area contributed by atoms with E-state index in [0.29, 0.717) is 0 Å². The van der Waals surface area contributed by atoms with Gasteiger partial charge in [-0.1, -0.05) is 6.92 Å². The summed E-state index contributed by atoms with van der Waals surface area (Å²) >= 11 is 0. The van der Waals surface area contributed by atoms with E-state index in [1.54, 1.807) is 0 Å². The number of carbonyl (C=O) groups is 1. The molecule has 19 heavy (non-hydrogen) atoms. The third-order valence-electron chi connectivity index (χ3n) is 3.59. The van der Waals surface area contributed by atoms with Crippen molar-refractivity contribution in [2.75, 3.05) is 25.1 Å². The smallest absolute Gasteiger partial charge is 0.308 e. The van der Waals surface area contributed by atoms with Crippen LogP contribution >= 0.6 is 0 Å². The summed E-state index contributed by atoms with van der Waals surface area (Å²) in [4.78, 5) is 22.6. The molecule has 2 heterocycles. The number of hydrogen-bond donors (Lipinski definition) is 0. The second-order valence-electron chi connectivity index (χ2n) is 4.90. The van der Waals surface area contributed by atoms with Gasteiger partial charge in [0.2, 0.25) is 0 Å². The molecule has 1 aromatic rings. The summed E-state index contributed by atoms with van der Waals surface area (Å²) in [6.07, 6.45) is 2.57. The van der Waals surface area contributed by atoms with Crippen molar-refractivity contribution in [2.45, 2.75) is 33.1 Å². The highest BCUT2D eigenvalue weighted by molar-refractivity contribution is 5.72. The molecule has 1 aromatic heterocycles. The predicted octanol–water partition coefficient (Wildman–Crippen LogP) is 1.74. The van der Waals surface area contributed by atoms with E-state index >= 15 is 0 Å². The molecule has 0 spiro atoms. The van der Waals surface area contributed by atoms with Gasteiger partial charge in [-0.05, 0) is 26.2 Å². The zero-order valence-corrected chi connectivity index (χ0v) is 11.8. The molecule has 0 bridgehead atoms. The van der Waals surface area contributed by atoms with E-state index in [0.717, 1.165) is 49.7 Å². The fourth-order valence-electron chi connectivity index (χ4n) is 2.47. The molecule has 0 aliphatic carbocycles. The van der Waals surface area contributed by atoms with Gasteiger partial charge in [-0.3, -0.25) is 4.79 Å². The largest absolute Gasteiger partial charge is 0.469 e. The Balaban J connectivity index is 2.05. The normalized spacial score (nSPS) is 16.5. The molecule has 0 aromatic carbocycles. The number of ether oxygens (including phenoxy) is 1. The van der Waals surface area contributed by atoms with Crippen LogP contribution in [0.1, 0.15) is 31.3 Å². The molecular formula is C14H21N3O2. The molecule has 5 nitrogen and oxygen atoms in total. The van der Waals surface area contributed by atoms with Gasteiger partial charge in [-0.2, -0.15) is 0 Å². The standard InChI is InChI=1S/C14H21N3O2/c1-4-12-9-13(16-10(2)15-12)17-7-5-11(6-8-17)14(18)19-3/h9,11H,4-8H2,1-3H3. The minimum atomic E-state index is -0.0900. The highest BCUT2D eigenvalue weighted by atomic mass is 16.5. The van der Waals surface area contributed by atoms with Crippen molar-refractivity contribution in [3.63, 3.8) is 0 Å². The molecule has 1 aliphatic rings. The summed E-state index contributed by atoms with van der Waals surface area (Å²) in [7, 11) is 1.45. The van der Waals surface area contributed by atoms with E-state index in [4.69, 9.17) is 4.74 Å². The molecule has 2 rings (SSSR count). The van der Waals surface area contributed by atoms with Gasteiger partial charge in [-0.15, -0.1) is 0 Å². The van der Waals surface area contributed by atoms with E-state index in [2.05, 4.69) is 21.8 Å². The van der Waals surface area contributed by atoms with Gasteiger partial charge < -0.3 is 9.64 Å². The lowest BCUT2D eigenvalue weighted by Gasteiger charge is -2.31. The molecule has 1 aliphatic heterocycles. The Morgan fingerprint density at radius 3 is 2.68 bits per heavy atom. The van der Waals surface area contributed by atoms with Gasteiger partial charge in [0.15, 0.2) is 0 Å². The number of rotatable bonds is 3. The second-order valence-corrected chi connectivity index (χ2v) is 4.90. The molecule has 0 N–H and O–H groups in total. The van der Waals surface area contributed by atoms with Gasteiger partial charge in [0.25, 0.3) is 0 Å². The Labute approximate surface area is 114 Å². The number of piperidine rings is 1. The number of aromatic nitrogens is 2. The molecular weight excluding hydrogens is 242 g/mol. The Bertz CT molecular complexity index is 454. The molecule has 0 atom stereocenters. The number of aryl methyl sites for hydroxylation is 2. The lowest BCUT2D eigenvalue weighted by molar-refractivity contribution is -0.146. The van der Waals surface area contributed by atoms with Crippen LogP contribution in [-0.4, -0.2) is 36.1 Å². The Morgan fingerprint density at radius 1 is 1.42 bits per heavy atom. The zero-order chi connectivity index (χ0) is 13.8. The first kappa shape index (κ1) is 13.8. The minimum Gasteiger partial charge on any atom is -0.469 e. The molecule has 1 fully saturated rings. The van der Waals surface area contributed by atoms with Crippen LogP contribution in [0.5, 0.6) is 0 Å². The summed E-state index contributed by atoms with van der Waals surface area (Å²) < 4.78 is 4.80. The van der Waals surface area contributed by atoms with Crippen molar-refractivity contribution >= 4 is 11.8 Å². The molecule has 5 heteroatoms. The van der Waals surface area contributed by atoms with Gasteiger partial charge in [-0.25, -0.2) is 9.97 Å². The van der Waals surface area contributed by atoms with Crippen LogP contribution in [0.15, 0.2) is 6.07 Å². The Morgan fingerprint density at radius 2 is 2.11 bits per heavy atom. The lowest BCUT2D eigenvalue weighted by Crippen LogP contribution is -2.37. The summed E-state index contributed by atoms with van der Waals surface area (Å²) in [5.41, 5.74) is 1.07. The molecule has 0 radical (unpaired) electrons. The van der Waals surface area contributed by atoms with E-state index in [1.165, 1.54) is 7.11 Å². The highest BCUT2D eigenvalue weighted by Crippen LogP contribution is 2.23. The number of anilines is 1. The lowest BCUT2D eigenvalue weighted by atomic mass is 9.97. The molecule has 1 saturated heterocycles. The number of carbonyl (C=O) groups excluding carboxylic acids is 1. The van der Waals surface area contributed by atoms with Crippen LogP contribution < -0.4 is 4.90 Å². The van der Waals surface area contributed by atoms with E-state index in [9.17, 15) is 4.79 Å². The average Bonchev–Trinajstić information content (AvgIpc) is 2.46. The quantitative estimate of drug-likeness (QED) is 0.777. The first-order chi connectivity index (χ1) is 9.13. The van der Waals surface area contributed by atoms with Crippen molar-refractivity contribution < 1.29 is 9.53 Å². The van der Waals surface area contributed by atoms with E-state index in [-0.39, 0.29) is 11.9 Å². The van der Waals surface area contributed by atoms with Crippen molar-refractivity contribution in [1.82, 2.24) is 9.97 Å². The molecule has 0 amide bonds. The Hall–Kier alpha value is -1.65. The van der Waals surface area contributed by atoms with Gasteiger partial charge >= 0.3 is 5.97 Å². The van der Waals surface area contributed by atoms with Crippen molar-refractivity contribution in [3.05, 3.63) is 17.6 Å². The van der Waals surface area contributed by atoms with Crippen LogP contribution in [0, 0.1) is 12.8 Å². The average molecular weight is 263 g/mol. The van der Waals surface area contributed by atoms with Crippen LogP contribution in [-0.2, 0) is 16.0 Å². The first-order valence-corrected chi connectivity index (χ1v) is 6.81. The van der Waals surface area contributed by atoms with Crippen molar-refractivity contribution in [2.24, 2.45) is 5.92 Å².